The first kappa shape index (κ1) is 16.8. The van der Waals surface area contributed by atoms with Crippen molar-refractivity contribution >= 4 is 12.1 Å². The van der Waals surface area contributed by atoms with E-state index in [0.717, 1.165) is 5.56 Å². The maximum absolute atomic E-state index is 11.5. The second kappa shape index (κ2) is 8.14. The van der Waals surface area contributed by atoms with Crippen LogP contribution in [0.4, 0.5) is 0 Å². The summed E-state index contributed by atoms with van der Waals surface area (Å²) in [7, 11) is 4.63. The molecule has 0 aliphatic rings. The zero-order chi connectivity index (χ0) is 15.8. The number of carbonyl (C=O) groups is 1. The summed E-state index contributed by atoms with van der Waals surface area (Å²) in [5.41, 5.74) is 3.21. The summed E-state index contributed by atoms with van der Waals surface area (Å²) in [5, 5.41) is 3.92. The van der Waals surface area contributed by atoms with E-state index in [1.54, 1.807) is 33.5 Å². The molecule has 1 aromatic rings. The molecule has 0 heterocycles. The number of methoxy groups -OCH3 is 3. The van der Waals surface area contributed by atoms with Crippen molar-refractivity contribution in [1.29, 1.82) is 0 Å². The van der Waals surface area contributed by atoms with Crippen molar-refractivity contribution in [2.24, 2.45) is 11.0 Å². The van der Waals surface area contributed by atoms with Crippen molar-refractivity contribution in [3.05, 3.63) is 17.7 Å². The smallest absolute Gasteiger partial charge is 0.240 e. The molecule has 0 spiro atoms. The zero-order valence-electron chi connectivity index (χ0n) is 13.1. The molecule has 0 saturated carbocycles. The van der Waals surface area contributed by atoms with Gasteiger partial charge in [-0.1, -0.05) is 13.8 Å². The van der Waals surface area contributed by atoms with Crippen molar-refractivity contribution in [3.8, 4) is 17.2 Å². The summed E-state index contributed by atoms with van der Waals surface area (Å²) in [6, 6.07) is 3.50. The third-order valence-corrected chi connectivity index (χ3v) is 2.68. The van der Waals surface area contributed by atoms with E-state index in [0.29, 0.717) is 29.6 Å². The lowest BCUT2D eigenvalue weighted by Crippen LogP contribution is -2.19. The molecule has 0 radical (unpaired) electrons. The van der Waals surface area contributed by atoms with E-state index in [1.165, 1.54) is 6.21 Å². The van der Waals surface area contributed by atoms with Gasteiger partial charge in [0.25, 0.3) is 0 Å². The molecule has 0 bridgehead atoms. The van der Waals surface area contributed by atoms with Gasteiger partial charge in [0.05, 0.1) is 27.5 Å². The summed E-state index contributed by atoms with van der Waals surface area (Å²) in [4.78, 5) is 11.5. The number of rotatable bonds is 7. The van der Waals surface area contributed by atoms with Crippen LogP contribution >= 0.6 is 0 Å². The first-order valence-electron chi connectivity index (χ1n) is 6.63. The lowest BCUT2D eigenvalue weighted by Gasteiger charge is -2.12. The van der Waals surface area contributed by atoms with Gasteiger partial charge < -0.3 is 14.2 Å². The second-order valence-electron chi connectivity index (χ2n) is 4.85. The highest BCUT2D eigenvalue weighted by atomic mass is 16.5. The Labute approximate surface area is 125 Å². The van der Waals surface area contributed by atoms with Crippen molar-refractivity contribution < 1.29 is 19.0 Å². The number of nitrogens with zero attached hydrogens (tertiary/aromatic N) is 1. The van der Waals surface area contributed by atoms with E-state index in [9.17, 15) is 4.79 Å². The monoisotopic (exact) mass is 294 g/mol. The minimum Gasteiger partial charge on any atom is -0.493 e. The molecular weight excluding hydrogens is 272 g/mol. The maximum atomic E-state index is 11.5. The number of hydrazone groups is 1. The predicted molar refractivity (Wildman–Crippen MR) is 81.3 cm³/mol. The van der Waals surface area contributed by atoms with Crippen LogP contribution in [0.3, 0.4) is 0 Å². The number of benzene rings is 1. The van der Waals surface area contributed by atoms with Gasteiger partial charge in [-0.3, -0.25) is 4.79 Å². The van der Waals surface area contributed by atoms with E-state index in [4.69, 9.17) is 14.2 Å². The lowest BCUT2D eigenvalue weighted by molar-refractivity contribution is -0.121. The van der Waals surface area contributed by atoms with Crippen molar-refractivity contribution in [1.82, 2.24) is 5.43 Å². The molecule has 1 amide bonds. The predicted octanol–water partition coefficient (Wildman–Crippen LogP) is 2.21. The molecule has 1 aromatic carbocycles. The standard InChI is InChI=1S/C15H22N2O4/c1-10(2)6-14(18)17-16-9-11-7-12(19-3)15(21-5)13(8-11)20-4/h7-10H,6H2,1-5H3,(H,17,18)/b16-9+. The first-order valence-corrected chi connectivity index (χ1v) is 6.63. The average molecular weight is 294 g/mol. The van der Waals surface area contributed by atoms with Crippen LogP contribution in [-0.2, 0) is 4.79 Å². The number of hydrogen-bond acceptors (Lipinski definition) is 5. The van der Waals surface area contributed by atoms with Crippen LogP contribution in [0, 0.1) is 5.92 Å². The molecule has 0 fully saturated rings. The van der Waals surface area contributed by atoms with Gasteiger partial charge in [-0.05, 0) is 18.1 Å². The summed E-state index contributed by atoms with van der Waals surface area (Å²) < 4.78 is 15.7. The van der Waals surface area contributed by atoms with Crippen LogP contribution in [0.5, 0.6) is 17.2 Å². The minimum absolute atomic E-state index is 0.117. The van der Waals surface area contributed by atoms with Crippen molar-refractivity contribution in [3.63, 3.8) is 0 Å². The molecule has 116 valence electrons. The summed E-state index contributed by atoms with van der Waals surface area (Å²) in [6.45, 7) is 3.95. The molecule has 0 aliphatic heterocycles. The van der Waals surface area contributed by atoms with Gasteiger partial charge in [-0.15, -0.1) is 0 Å². The number of carbonyl (C=O) groups excluding carboxylic acids is 1. The fraction of sp³-hybridized carbons (Fsp3) is 0.467. The Bertz CT molecular complexity index is 487. The number of amides is 1. The highest BCUT2D eigenvalue weighted by Gasteiger charge is 2.12. The highest BCUT2D eigenvalue weighted by molar-refractivity contribution is 5.84. The Morgan fingerprint density at radius 1 is 1.19 bits per heavy atom. The topological polar surface area (TPSA) is 69.2 Å². The Morgan fingerprint density at radius 2 is 1.76 bits per heavy atom. The van der Waals surface area contributed by atoms with Gasteiger partial charge in [-0.2, -0.15) is 5.10 Å². The van der Waals surface area contributed by atoms with Gasteiger partial charge in [0.15, 0.2) is 11.5 Å². The van der Waals surface area contributed by atoms with Gasteiger partial charge >= 0.3 is 0 Å². The minimum atomic E-state index is -0.117. The van der Waals surface area contributed by atoms with Crippen LogP contribution in [0.1, 0.15) is 25.8 Å². The summed E-state index contributed by atoms with van der Waals surface area (Å²) >= 11 is 0. The summed E-state index contributed by atoms with van der Waals surface area (Å²) in [6.07, 6.45) is 1.97. The molecule has 0 unspecified atom stereocenters. The second-order valence-corrected chi connectivity index (χ2v) is 4.85. The molecule has 6 heteroatoms. The van der Waals surface area contributed by atoms with Crippen LogP contribution in [0.2, 0.25) is 0 Å². The fourth-order valence-electron chi connectivity index (χ4n) is 1.77. The molecule has 0 atom stereocenters. The molecule has 0 aromatic heterocycles. The molecular formula is C15H22N2O4. The van der Waals surface area contributed by atoms with Crippen LogP contribution in [-0.4, -0.2) is 33.5 Å². The van der Waals surface area contributed by atoms with Gasteiger partial charge in [0.1, 0.15) is 0 Å². The number of ether oxygens (including phenoxy) is 3. The molecule has 1 rings (SSSR count). The molecule has 1 N–H and O–H groups in total. The van der Waals surface area contributed by atoms with E-state index in [-0.39, 0.29) is 5.91 Å². The van der Waals surface area contributed by atoms with Gasteiger partial charge in [0, 0.05) is 12.0 Å². The zero-order valence-corrected chi connectivity index (χ0v) is 13.1. The Hall–Kier alpha value is -2.24. The van der Waals surface area contributed by atoms with E-state index < -0.39 is 0 Å². The van der Waals surface area contributed by atoms with E-state index >= 15 is 0 Å². The van der Waals surface area contributed by atoms with E-state index in [1.807, 2.05) is 13.8 Å². The average Bonchev–Trinajstić information content (AvgIpc) is 2.45. The molecule has 21 heavy (non-hydrogen) atoms. The third kappa shape index (κ3) is 4.98. The van der Waals surface area contributed by atoms with Gasteiger partial charge in [0.2, 0.25) is 11.7 Å². The van der Waals surface area contributed by atoms with Crippen molar-refractivity contribution in [2.75, 3.05) is 21.3 Å². The van der Waals surface area contributed by atoms with Crippen LogP contribution in [0.15, 0.2) is 17.2 Å². The SMILES string of the molecule is COc1cc(/C=N/NC(=O)CC(C)C)cc(OC)c1OC. The Kier molecular flexibility index (Phi) is 6.52. The first-order chi connectivity index (χ1) is 10.0. The largest absolute Gasteiger partial charge is 0.493 e. The lowest BCUT2D eigenvalue weighted by atomic mass is 10.1. The number of nitrogens with one attached hydrogen (secondary N) is 1. The Morgan fingerprint density at radius 3 is 2.19 bits per heavy atom. The maximum Gasteiger partial charge on any atom is 0.240 e. The number of hydrogen-bond donors (Lipinski definition) is 1. The molecule has 6 nitrogen and oxygen atoms in total. The molecule has 0 saturated heterocycles. The van der Waals surface area contributed by atoms with Crippen molar-refractivity contribution in [2.45, 2.75) is 20.3 Å². The fourth-order valence-corrected chi connectivity index (χ4v) is 1.77. The third-order valence-electron chi connectivity index (χ3n) is 2.68. The Balaban J connectivity index is 2.86. The molecule has 0 aliphatic carbocycles. The highest BCUT2D eigenvalue weighted by Crippen LogP contribution is 2.37. The van der Waals surface area contributed by atoms with Gasteiger partial charge in [-0.25, -0.2) is 5.43 Å². The quantitative estimate of drug-likeness (QED) is 0.618. The summed E-state index contributed by atoms with van der Waals surface area (Å²) in [5.74, 6) is 1.76. The normalized spacial score (nSPS) is 10.8. The van der Waals surface area contributed by atoms with Crippen LogP contribution in [0.25, 0.3) is 0 Å². The van der Waals surface area contributed by atoms with Crippen LogP contribution < -0.4 is 19.6 Å². The van der Waals surface area contributed by atoms with E-state index in [2.05, 4.69) is 10.5 Å².